The number of carboxylic acid groups (broad SMARTS) is 1. The van der Waals surface area contributed by atoms with Crippen LogP contribution >= 0.6 is 11.6 Å². The number of nitrogens with zero attached hydrogens (tertiary/aromatic N) is 3. The lowest BCUT2D eigenvalue weighted by Gasteiger charge is -2.34. The Bertz CT molecular complexity index is 1060. The third kappa shape index (κ3) is 4.62. The second-order valence-electron chi connectivity index (χ2n) is 7.03. The Labute approximate surface area is 187 Å². The van der Waals surface area contributed by atoms with Crippen molar-refractivity contribution in [1.82, 2.24) is 14.9 Å². The van der Waals surface area contributed by atoms with E-state index in [4.69, 9.17) is 21.3 Å². The minimum atomic E-state index is -0.990. The first-order valence-electron chi connectivity index (χ1n) is 10.6. The minimum Gasteiger partial charge on any atom is -0.480 e. The van der Waals surface area contributed by atoms with Crippen LogP contribution in [0.5, 0.6) is 5.88 Å². The van der Waals surface area contributed by atoms with Crippen molar-refractivity contribution in [2.24, 2.45) is 0 Å². The van der Waals surface area contributed by atoms with Crippen LogP contribution in [0.4, 0.5) is 5.82 Å². The fourth-order valence-corrected chi connectivity index (χ4v) is 4.05. The summed E-state index contributed by atoms with van der Waals surface area (Å²) >= 11 is 6.51. The van der Waals surface area contributed by atoms with E-state index in [1.54, 1.807) is 19.2 Å². The number of hydrogen-bond donors (Lipinski definition) is 2. The zero-order valence-electron chi connectivity index (χ0n) is 18.4. The van der Waals surface area contributed by atoms with Gasteiger partial charge in [-0.3, -0.25) is 0 Å². The SMILES string of the molecule is CC.CCN1CCN(c2ccc(-c3cc4c(C(=O)O)c[nH]c4cc3Cl)c(OC)n2)CC1. The predicted octanol–water partition coefficient (Wildman–Crippen LogP) is 4.76. The van der Waals surface area contributed by atoms with Crippen molar-refractivity contribution < 1.29 is 14.6 Å². The molecule has 0 atom stereocenters. The molecule has 0 radical (unpaired) electrons. The van der Waals surface area contributed by atoms with Gasteiger partial charge in [0, 0.05) is 54.4 Å². The van der Waals surface area contributed by atoms with Gasteiger partial charge >= 0.3 is 5.97 Å². The maximum atomic E-state index is 11.5. The number of pyridine rings is 1. The summed E-state index contributed by atoms with van der Waals surface area (Å²) in [7, 11) is 1.58. The van der Waals surface area contributed by atoms with Gasteiger partial charge in [0.1, 0.15) is 5.82 Å². The Morgan fingerprint density at radius 3 is 2.52 bits per heavy atom. The number of hydrogen-bond acceptors (Lipinski definition) is 5. The summed E-state index contributed by atoms with van der Waals surface area (Å²) in [6.45, 7) is 11.1. The Hall–Kier alpha value is -2.77. The summed E-state index contributed by atoms with van der Waals surface area (Å²) in [5, 5.41) is 10.5. The number of fused-ring (bicyclic) bond motifs is 1. The topological polar surface area (TPSA) is 81.7 Å². The van der Waals surface area contributed by atoms with E-state index in [9.17, 15) is 9.90 Å². The van der Waals surface area contributed by atoms with Crippen LogP contribution in [-0.2, 0) is 0 Å². The van der Waals surface area contributed by atoms with E-state index in [2.05, 4.69) is 21.7 Å². The summed E-state index contributed by atoms with van der Waals surface area (Å²) in [5.74, 6) is 0.344. The van der Waals surface area contributed by atoms with Crippen molar-refractivity contribution in [3.8, 4) is 17.0 Å². The molecule has 2 N–H and O–H groups in total. The van der Waals surface area contributed by atoms with Crippen LogP contribution in [0.2, 0.25) is 5.02 Å². The molecular weight excluding hydrogens is 416 g/mol. The van der Waals surface area contributed by atoms with Crippen LogP contribution in [-0.4, -0.2) is 65.8 Å². The highest BCUT2D eigenvalue weighted by molar-refractivity contribution is 6.34. The first-order chi connectivity index (χ1) is 15.0. The molecule has 3 aromatic rings. The molecule has 1 saturated heterocycles. The van der Waals surface area contributed by atoms with Crippen molar-refractivity contribution in [1.29, 1.82) is 0 Å². The number of ether oxygens (including phenoxy) is 1. The predicted molar refractivity (Wildman–Crippen MR) is 126 cm³/mol. The van der Waals surface area contributed by atoms with E-state index in [-0.39, 0.29) is 5.56 Å². The van der Waals surface area contributed by atoms with E-state index < -0.39 is 5.97 Å². The van der Waals surface area contributed by atoms with Gasteiger partial charge in [0.05, 0.1) is 17.7 Å². The first kappa shape index (κ1) is 22.9. The lowest BCUT2D eigenvalue weighted by Crippen LogP contribution is -2.46. The minimum absolute atomic E-state index is 0.204. The number of H-pyrrole nitrogens is 1. The summed E-state index contributed by atoms with van der Waals surface area (Å²) in [5.41, 5.74) is 2.30. The molecule has 0 bridgehead atoms. The molecule has 4 rings (SSSR count). The molecule has 7 nitrogen and oxygen atoms in total. The number of methoxy groups -OCH3 is 1. The van der Waals surface area contributed by atoms with E-state index in [1.165, 1.54) is 6.20 Å². The average molecular weight is 445 g/mol. The highest BCUT2D eigenvalue weighted by Gasteiger charge is 2.20. The van der Waals surface area contributed by atoms with Gasteiger partial charge in [-0.25, -0.2) is 4.79 Å². The molecule has 31 heavy (non-hydrogen) atoms. The number of nitrogens with one attached hydrogen (secondary N) is 1. The summed E-state index contributed by atoms with van der Waals surface area (Å²) < 4.78 is 5.57. The van der Waals surface area contributed by atoms with Crippen molar-refractivity contribution >= 4 is 34.3 Å². The molecule has 0 spiro atoms. The molecule has 1 aliphatic heterocycles. The number of benzene rings is 1. The number of carboxylic acids is 1. The number of halogens is 1. The average Bonchev–Trinajstić information content (AvgIpc) is 3.22. The molecule has 8 heteroatoms. The molecule has 0 amide bonds. The van der Waals surface area contributed by atoms with E-state index in [0.717, 1.165) is 44.1 Å². The second-order valence-corrected chi connectivity index (χ2v) is 7.44. The number of piperazine rings is 1. The van der Waals surface area contributed by atoms with Gasteiger partial charge in [0.15, 0.2) is 0 Å². The zero-order valence-corrected chi connectivity index (χ0v) is 19.2. The number of aromatic nitrogens is 2. The summed E-state index contributed by atoms with van der Waals surface area (Å²) in [6, 6.07) is 7.41. The molecule has 3 heterocycles. The van der Waals surface area contributed by atoms with Gasteiger partial charge < -0.3 is 24.6 Å². The standard InChI is InChI=1S/C21H23ClN4O3.C2H6/c1-3-25-6-8-26(9-7-25)19-5-4-13(20(24-19)29-2)14-10-15-16(21(27)28)12-23-18(15)11-17(14)22;1-2/h4-5,10-12,23H,3,6-9H2,1-2H3,(H,27,28);1-2H3. The van der Waals surface area contributed by atoms with Crippen LogP contribution < -0.4 is 9.64 Å². The van der Waals surface area contributed by atoms with Crippen LogP contribution in [0.3, 0.4) is 0 Å². The zero-order chi connectivity index (χ0) is 22.5. The van der Waals surface area contributed by atoms with Gasteiger partial charge in [-0.2, -0.15) is 4.98 Å². The van der Waals surface area contributed by atoms with Crippen molar-refractivity contribution in [3.63, 3.8) is 0 Å². The molecule has 1 aliphatic rings. The van der Waals surface area contributed by atoms with Gasteiger partial charge in [-0.1, -0.05) is 32.4 Å². The van der Waals surface area contributed by atoms with E-state index in [0.29, 0.717) is 27.4 Å². The quantitative estimate of drug-likeness (QED) is 0.590. The molecule has 1 fully saturated rings. The van der Waals surface area contributed by atoms with Crippen molar-refractivity contribution in [2.75, 3.05) is 44.7 Å². The first-order valence-corrected chi connectivity index (χ1v) is 11.0. The van der Waals surface area contributed by atoms with Gasteiger partial charge in [-0.05, 0) is 30.8 Å². The fraction of sp³-hybridized carbons (Fsp3) is 0.391. The van der Waals surface area contributed by atoms with Gasteiger partial charge in [0.25, 0.3) is 0 Å². The van der Waals surface area contributed by atoms with Crippen LogP contribution in [0, 0.1) is 0 Å². The highest BCUT2D eigenvalue weighted by atomic mass is 35.5. The Kier molecular flexibility index (Phi) is 7.41. The van der Waals surface area contributed by atoms with Crippen molar-refractivity contribution in [3.05, 3.63) is 41.0 Å². The van der Waals surface area contributed by atoms with Crippen LogP contribution in [0.15, 0.2) is 30.5 Å². The molecule has 2 aromatic heterocycles. The Morgan fingerprint density at radius 2 is 1.90 bits per heavy atom. The highest BCUT2D eigenvalue weighted by Crippen LogP contribution is 2.38. The molecule has 166 valence electrons. The number of carbonyl (C=O) groups is 1. The van der Waals surface area contributed by atoms with E-state index in [1.807, 2.05) is 26.0 Å². The summed E-state index contributed by atoms with van der Waals surface area (Å²) in [4.78, 5) is 23.8. The lowest BCUT2D eigenvalue weighted by atomic mass is 10.0. The molecular formula is C23H29ClN4O3. The third-order valence-corrected chi connectivity index (χ3v) is 5.79. The molecule has 0 aliphatic carbocycles. The number of likely N-dealkylation sites (N-methyl/N-ethyl adjacent to an activating group) is 1. The molecule has 0 saturated carbocycles. The maximum absolute atomic E-state index is 11.5. The molecule has 0 unspecified atom stereocenters. The number of rotatable bonds is 5. The number of anilines is 1. The van der Waals surface area contributed by atoms with Crippen LogP contribution in [0.1, 0.15) is 31.1 Å². The lowest BCUT2D eigenvalue weighted by molar-refractivity contribution is 0.0699. The van der Waals surface area contributed by atoms with Crippen LogP contribution in [0.25, 0.3) is 22.0 Å². The smallest absolute Gasteiger partial charge is 0.337 e. The second kappa shape index (κ2) is 10.0. The normalized spacial score (nSPS) is 14.3. The summed E-state index contributed by atoms with van der Waals surface area (Å²) in [6.07, 6.45) is 1.47. The fourth-order valence-electron chi connectivity index (χ4n) is 3.79. The maximum Gasteiger partial charge on any atom is 0.337 e. The largest absolute Gasteiger partial charge is 0.480 e. The Balaban J connectivity index is 0.00000132. The molecule has 1 aromatic carbocycles. The third-order valence-electron chi connectivity index (χ3n) is 5.47. The van der Waals surface area contributed by atoms with E-state index >= 15 is 0 Å². The van der Waals surface area contributed by atoms with Gasteiger partial charge in [0.2, 0.25) is 5.88 Å². The number of aromatic amines is 1. The van der Waals surface area contributed by atoms with Gasteiger partial charge in [-0.15, -0.1) is 0 Å². The van der Waals surface area contributed by atoms with Crippen molar-refractivity contribution in [2.45, 2.75) is 20.8 Å². The Morgan fingerprint density at radius 1 is 1.19 bits per heavy atom. The number of aromatic carboxylic acids is 1. The monoisotopic (exact) mass is 444 g/mol.